The first kappa shape index (κ1) is 21.3. The maximum atomic E-state index is 12.4. The van der Waals surface area contributed by atoms with Crippen LogP contribution in [0.2, 0.25) is 0 Å². The molecule has 0 bridgehead atoms. The zero-order valence-electron chi connectivity index (χ0n) is 16.9. The van der Waals surface area contributed by atoms with E-state index in [1.807, 2.05) is 45.0 Å². The van der Waals surface area contributed by atoms with Crippen LogP contribution in [-0.4, -0.2) is 31.1 Å². The summed E-state index contributed by atoms with van der Waals surface area (Å²) in [5, 5.41) is 5.73. The summed E-state index contributed by atoms with van der Waals surface area (Å²) in [6, 6.07) is 14.3. The van der Waals surface area contributed by atoms with Gasteiger partial charge < -0.3 is 20.1 Å². The van der Waals surface area contributed by atoms with Crippen molar-refractivity contribution >= 4 is 17.5 Å². The molecule has 0 aromatic heterocycles. The lowest BCUT2D eigenvalue weighted by Gasteiger charge is -2.21. The summed E-state index contributed by atoms with van der Waals surface area (Å²) < 4.78 is 10.7. The minimum absolute atomic E-state index is 0.158. The van der Waals surface area contributed by atoms with Gasteiger partial charge in [-0.2, -0.15) is 0 Å². The number of amides is 2. The molecule has 0 saturated carbocycles. The van der Waals surface area contributed by atoms with E-state index < -0.39 is 0 Å². The molecule has 6 nitrogen and oxygen atoms in total. The van der Waals surface area contributed by atoms with Gasteiger partial charge in [0.15, 0.2) is 0 Å². The molecule has 2 aromatic rings. The molecule has 150 valence electrons. The fourth-order valence-corrected chi connectivity index (χ4v) is 2.51. The molecule has 0 aliphatic carbocycles. The summed E-state index contributed by atoms with van der Waals surface area (Å²) in [5.74, 6) is 1.12. The van der Waals surface area contributed by atoms with E-state index in [1.165, 1.54) is 0 Å². The average molecular weight is 384 g/mol. The number of carbonyl (C=O) groups is 2. The van der Waals surface area contributed by atoms with Crippen LogP contribution in [0.25, 0.3) is 0 Å². The molecule has 2 amide bonds. The molecular weight excluding hydrogens is 356 g/mol. The number of hydrogen-bond donors (Lipinski definition) is 2. The van der Waals surface area contributed by atoms with Crippen LogP contribution in [0.1, 0.15) is 44.0 Å². The SMILES string of the molecule is COc1ccc(OCCCC(=O)Nc2ccccc2C(=O)NC(C)(C)C)cc1. The Kier molecular flexibility index (Phi) is 7.44. The number of hydrogen-bond acceptors (Lipinski definition) is 4. The topological polar surface area (TPSA) is 76.7 Å². The van der Waals surface area contributed by atoms with Gasteiger partial charge in [-0.25, -0.2) is 0 Å². The van der Waals surface area contributed by atoms with E-state index in [4.69, 9.17) is 9.47 Å². The second kappa shape index (κ2) is 9.78. The van der Waals surface area contributed by atoms with Gasteiger partial charge >= 0.3 is 0 Å². The summed E-state index contributed by atoms with van der Waals surface area (Å²) in [4.78, 5) is 24.7. The van der Waals surface area contributed by atoms with Crippen molar-refractivity contribution in [3.05, 3.63) is 54.1 Å². The number of methoxy groups -OCH3 is 1. The zero-order valence-corrected chi connectivity index (χ0v) is 16.9. The van der Waals surface area contributed by atoms with Crippen LogP contribution in [0.3, 0.4) is 0 Å². The number of para-hydroxylation sites is 1. The van der Waals surface area contributed by atoms with E-state index >= 15 is 0 Å². The van der Waals surface area contributed by atoms with Crippen molar-refractivity contribution in [1.29, 1.82) is 0 Å². The molecule has 28 heavy (non-hydrogen) atoms. The largest absolute Gasteiger partial charge is 0.497 e. The Hall–Kier alpha value is -3.02. The molecular formula is C22H28N2O4. The molecule has 0 fully saturated rings. The highest BCUT2D eigenvalue weighted by molar-refractivity contribution is 6.03. The highest BCUT2D eigenvalue weighted by Crippen LogP contribution is 2.18. The molecule has 2 rings (SSSR count). The smallest absolute Gasteiger partial charge is 0.253 e. The first-order valence-electron chi connectivity index (χ1n) is 9.27. The summed E-state index contributed by atoms with van der Waals surface area (Å²) in [7, 11) is 1.61. The Labute approximate surface area is 166 Å². The lowest BCUT2D eigenvalue weighted by molar-refractivity contribution is -0.116. The Balaban J connectivity index is 1.83. The number of benzene rings is 2. The second-order valence-corrected chi connectivity index (χ2v) is 7.43. The number of nitrogens with one attached hydrogen (secondary N) is 2. The zero-order chi connectivity index (χ0) is 20.6. The van der Waals surface area contributed by atoms with Crippen molar-refractivity contribution < 1.29 is 19.1 Å². The summed E-state index contributed by atoms with van der Waals surface area (Å²) >= 11 is 0. The molecule has 0 spiro atoms. The van der Waals surface area contributed by atoms with Gasteiger partial charge in [0, 0.05) is 12.0 Å². The van der Waals surface area contributed by atoms with E-state index in [2.05, 4.69) is 10.6 Å². The predicted octanol–water partition coefficient (Wildman–Crippen LogP) is 4.02. The minimum Gasteiger partial charge on any atom is -0.497 e. The van der Waals surface area contributed by atoms with Gasteiger partial charge in [0.2, 0.25) is 5.91 Å². The van der Waals surface area contributed by atoms with Crippen LogP contribution in [0.4, 0.5) is 5.69 Å². The lowest BCUT2D eigenvalue weighted by Crippen LogP contribution is -2.40. The van der Waals surface area contributed by atoms with Crippen LogP contribution < -0.4 is 20.1 Å². The van der Waals surface area contributed by atoms with E-state index in [0.717, 1.165) is 11.5 Å². The maximum Gasteiger partial charge on any atom is 0.253 e. The molecule has 0 aliphatic rings. The number of carbonyl (C=O) groups excluding carboxylic acids is 2. The Bertz CT molecular complexity index is 795. The summed E-state index contributed by atoms with van der Waals surface area (Å²) in [5.41, 5.74) is 0.595. The monoisotopic (exact) mass is 384 g/mol. The molecule has 0 radical (unpaired) electrons. The van der Waals surface area contributed by atoms with Gasteiger partial charge in [0.25, 0.3) is 5.91 Å². The highest BCUT2D eigenvalue weighted by atomic mass is 16.5. The fraction of sp³-hybridized carbons (Fsp3) is 0.364. The lowest BCUT2D eigenvalue weighted by atomic mass is 10.1. The van der Waals surface area contributed by atoms with E-state index in [-0.39, 0.29) is 17.4 Å². The molecule has 0 aliphatic heterocycles. The van der Waals surface area contributed by atoms with Gasteiger partial charge in [0.1, 0.15) is 11.5 Å². The molecule has 0 unspecified atom stereocenters. The van der Waals surface area contributed by atoms with Crippen LogP contribution in [0.5, 0.6) is 11.5 Å². The normalized spacial score (nSPS) is 10.9. The molecule has 0 saturated heterocycles. The van der Waals surface area contributed by atoms with E-state index in [1.54, 1.807) is 31.4 Å². The average Bonchev–Trinajstić information content (AvgIpc) is 2.65. The Morgan fingerprint density at radius 3 is 2.25 bits per heavy atom. The molecule has 2 aromatic carbocycles. The molecule has 6 heteroatoms. The third-order valence-corrected chi connectivity index (χ3v) is 3.81. The van der Waals surface area contributed by atoms with Gasteiger partial charge in [-0.3, -0.25) is 9.59 Å². The second-order valence-electron chi connectivity index (χ2n) is 7.43. The van der Waals surface area contributed by atoms with Gasteiger partial charge in [-0.1, -0.05) is 12.1 Å². The van der Waals surface area contributed by atoms with Gasteiger partial charge in [0.05, 0.1) is 25.0 Å². The van der Waals surface area contributed by atoms with Crippen LogP contribution in [0.15, 0.2) is 48.5 Å². The van der Waals surface area contributed by atoms with Crippen LogP contribution in [0, 0.1) is 0 Å². The van der Waals surface area contributed by atoms with Crippen LogP contribution >= 0.6 is 0 Å². The quantitative estimate of drug-likeness (QED) is 0.674. The Morgan fingerprint density at radius 2 is 1.61 bits per heavy atom. The van der Waals surface area contributed by atoms with Crippen molar-refractivity contribution in [3.63, 3.8) is 0 Å². The van der Waals surface area contributed by atoms with Crippen molar-refractivity contribution in [2.45, 2.75) is 39.2 Å². The van der Waals surface area contributed by atoms with Crippen molar-refractivity contribution in [2.24, 2.45) is 0 Å². The number of ether oxygens (including phenoxy) is 2. The van der Waals surface area contributed by atoms with Crippen molar-refractivity contribution in [2.75, 3.05) is 19.0 Å². The first-order chi connectivity index (χ1) is 13.3. The van der Waals surface area contributed by atoms with E-state index in [9.17, 15) is 9.59 Å². The third-order valence-electron chi connectivity index (χ3n) is 3.81. The van der Waals surface area contributed by atoms with Crippen molar-refractivity contribution in [1.82, 2.24) is 5.32 Å². The minimum atomic E-state index is -0.354. The summed E-state index contributed by atoms with van der Waals surface area (Å²) in [6.45, 7) is 6.16. The van der Waals surface area contributed by atoms with Crippen molar-refractivity contribution in [3.8, 4) is 11.5 Å². The maximum absolute atomic E-state index is 12.4. The standard InChI is InChI=1S/C22H28N2O4/c1-22(2,3)24-21(26)18-8-5-6-9-19(18)23-20(25)10-7-15-28-17-13-11-16(27-4)12-14-17/h5-6,8-9,11-14H,7,10,15H2,1-4H3,(H,23,25)(H,24,26). The Morgan fingerprint density at radius 1 is 0.964 bits per heavy atom. The molecule has 0 atom stereocenters. The van der Waals surface area contributed by atoms with Gasteiger partial charge in [-0.05, 0) is 63.6 Å². The first-order valence-corrected chi connectivity index (χ1v) is 9.27. The van der Waals surface area contributed by atoms with Gasteiger partial charge in [-0.15, -0.1) is 0 Å². The highest BCUT2D eigenvalue weighted by Gasteiger charge is 2.18. The predicted molar refractivity (Wildman–Crippen MR) is 110 cm³/mol. The van der Waals surface area contributed by atoms with E-state index in [0.29, 0.717) is 30.7 Å². The fourth-order valence-electron chi connectivity index (χ4n) is 2.51. The number of rotatable bonds is 8. The third kappa shape index (κ3) is 6.95. The molecule has 2 N–H and O–H groups in total. The number of anilines is 1. The summed E-state index contributed by atoms with van der Waals surface area (Å²) in [6.07, 6.45) is 0.861. The molecule has 0 heterocycles. The van der Waals surface area contributed by atoms with Crippen LogP contribution in [-0.2, 0) is 4.79 Å².